The van der Waals surface area contributed by atoms with Gasteiger partial charge in [-0.3, -0.25) is 0 Å². The Balaban J connectivity index is 0.000000246. The van der Waals surface area contributed by atoms with E-state index in [0.29, 0.717) is 0 Å². The van der Waals surface area contributed by atoms with Crippen LogP contribution >= 0.6 is 0 Å². The van der Waals surface area contributed by atoms with Crippen molar-refractivity contribution in [3.63, 3.8) is 0 Å². The Hall–Kier alpha value is -1.15. The Morgan fingerprint density at radius 3 is 2.07 bits per heavy atom. The number of rotatable bonds is 1. The zero-order valence-corrected chi connectivity index (χ0v) is 8.64. The normalized spacial score (nSPS) is 11.4. The van der Waals surface area contributed by atoms with E-state index in [2.05, 4.69) is 0 Å². The molecule has 0 bridgehead atoms. The standard InChI is InChI=1S/C6H6NO.C5H5.Fe/c8-7-5-6-3-1-2-4-6;1-2-4-5-3-1;/h1-5,7H;1-5H;/q2*-1;+2. The van der Waals surface area contributed by atoms with E-state index in [1.165, 1.54) is 6.20 Å². The van der Waals surface area contributed by atoms with Crippen molar-refractivity contribution in [1.82, 2.24) is 5.48 Å². The van der Waals surface area contributed by atoms with Crippen molar-refractivity contribution in [1.29, 1.82) is 0 Å². The summed E-state index contributed by atoms with van der Waals surface area (Å²) in [6, 6.07) is 10.0. The molecule has 0 spiro atoms. The van der Waals surface area contributed by atoms with E-state index in [9.17, 15) is 5.21 Å². The molecule has 0 radical (unpaired) electrons. The van der Waals surface area contributed by atoms with E-state index >= 15 is 0 Å². The van der Waals surface area contributed by atoms with Gasteiger partial charge in [-0.25, -0.2) is 12.1 Å². The first-order valence-electron chi connectivity index (χ1n) is 4.03. The molecule has 0 amide bonds. The van der Waals surface area contributed by atoms with Crippen LogP contribution in [0.5, 0.6) is 0 Å². The van der Waals surface area contributed by atoms with Crippen molar-refractivity contribution in [3.05, 3.63) is 71.6 Å². The molecule has 0 heterocycles. The molecule has 0 fully saturated rings. The van der Waals surface area contributed by atoms with Crippen LogP contribution in [0.25, 0.3) is 0 Å². The van der Waals surface area contributed by atoms with Gasteiger partial charge in [0.05, 0.1) is 0 Å². The molecule has 0 aliphatic heterocycles. The monoisotopic (exact) mass is 229 g/mol. The van der Waals surface area contributed by atoms with E-state index in [1.54, 1.807) is 5.48 Å². The molecule has 0 unspecified atom stereocenters. The Bertz CT molecular complexity index is 268. The average molecular weight is 229 g/mol. The van der Waals surface area contributed by atoms with Gasteiger partial charge in [-0.05, 0) is 11.8 Å². The topological polar surface area (TPSA) is 35.1 Å². The van der Waals surface area contributed by atoms with Crippen molar-refractivity contribution in [2.24, 2.45) is 0 Å². The van der Waals surface area contributed by atoms with Crippen molar-refractivity contribution < 1.29 is 17.1 Å². The van der Waals surface area contributed by atoms with Crippen LogP contribution in [0.4, 0.5) is 0 Å². The van der Waals surface area contributed by atoms with Crippen LogP contribution in [-0.4, -0.2) is 0 Å². The van der Waals surface area contributed by atoms with Crippen molar-refractivity contribution in [3.8, 4) is 0 Å². The summed E-state index contributed by atoms with van der Waals surface area (Å²) in [6.45, 7) is 0. The molecule has 1 aliphatic rings. The van der Waals surface area contributed by atoms with Crippen molar-refractivity contribution in [2.75, 3.05) is 0 Å². The molecular weight excluding hydrogens is 218 g/mol. The second-order valence-electron chi connectivity index (χ2n) is 2.44. The molecule has 1 aromatic carbocycles. The van der Waals surface area contributed by atoms with Gasteiger partial charge in [-0.15, -0.1) is 0 Å². The van der Waals surface area contributed by atoms with Gasteiger partial charge in [0.15, 0.2) is 0 Å². The first kappa shape index (κ1) is 12.8. The summed E-state index contributed by atoms with van der Waals surface area (Å²) >= 11 is 0. The third-order valence-corrected chi connectivity index (χ3v) is 1.47. The van der Waals surface area contributed by atoms with Crippen molar-refractivity contribution in [2.45, 2.75) is 0 Å². The quantitative estimate of drug-likeness (QED) is 0.456. The second-order valence-corrected chi connectivity index (χ2v) is 2.44. The Morgan fingerprint density at radius 2 is 1.71 bits per heavy atom. The summed E-state index contributed by atoms with van der Waals surface area (Å²) in [4.78, 5) is 0. The van der Waals surface area contributed by atoms with Gasteiger partial charge in [0.1, 0.15) is 0 Å². The summed E-state index contributed by atoms with van der Waals surface area (Å²) in [6.07, 6.45) is 8.86. The zero-order valence-electron chi connectivity index (χ0n) is 7.54. The molecule has 2 rings (SSSR count). The minimum atomic E-state index is 0. The van der Waals surface area contributed by atoms with Crippen molar-refractivity contribution >= 4 is 0 Å². The Kier molecular flexibility index (Phi) is 7.75. The summed E-state index contributed by atoms with van der Waals surface area (Å²) in [5, 5.41) is 9.69. The van der Waals surface area contributed by atoms with E-state index in [-0.39, 0.29) is 17.1 Å². The van der Waals surface area contributed by atoms with E-state index < -0.39 is 0 Å². The molecular formula is C11H11FeNO. The van der Waals surface area contributed by atoms with E-state index in [4.69, 9.17) is 0 Å². The molecule has 0 aromatic heterocycles. The molecule has 1 N–H and O–H groups in total. The fourth-order valence-corrected chi connectivity index (χ4v) is 0.874. The summed E-state index contributed by atoms with van der Waals surface area (Å²) in [5.41, 5.74) is 2.61. The fourth-order valence-electron chi connectivity index (χ4n) is 0.874. The minimum absolute atomic E-state index is 0. The molecule has 74 valence electrons. The molecule has 14 heavy (non-hydrogen) atoms. The third-order valence-electron chi connectivity index (χ3n) is 1.47. The largest absolute Gasteiger partial charge is 2.00 e. The Labute approximate surface area is 94.4 Å². The average Bonchev–Trinajstić information content (AvgIpc) is 2.79. The molecule has 0 saturated carbocycles. The third kappa shape index (κ3) is 5.49. The fraction of sp³-hybridized carbons (Fsp3) is 0. The molecule has 2 nitrogen and oxygen atoms in total. The van der Waals surface area contributed by atoms with Gasteiger partial charge in [-0.2, -0.15) is 18.2 Å². The van der Waals surface area contributed by atoms with Gasteiger partial charge < -0.3 is 10.7 Å². The number of nitrogens with one attached hydrogen (secondary N) is 1. The van der Waals surface area contributed by atoms with Gasteiger partial charge in [-0.1, -0.05) is 24.3 Å². The first-order chi connectivity index (χ1) is 6.43. The first-order valence-corrected chi connectivity index (χ1v) is 4.03. The smallest absolute Gasteiger partial charge is 0.761 e. The summed E-state index contributed by atoms with van der Waals surface area (Å²) in [7, 11) is 0. The second kappa shape index (κ2) is 8.45. The van der Waals surface area contributed by atoms with Gasteiger partial charge in [0.2, 0.25) is 0 Å². The van der Waals surface area contributed by atoms with Gasteiger partial charge >= 0.3 is 17.1 Å². The maximum atomic E-state index is 9.69. The summed E-state index contributed by atoms with van der Waals surface area (Å²) in [5.74, 6) is 0. The number of allylic oxidation sites excluding steroid dienone is 5. The van der Waals surface area contributed by atoms with Crippen LogP contribution in [0.3, 0.4) is 0 Å². The Morgan fingerprint density at radius 1 is 1.14 bits per heavy atom. The molecule has 0 atom stereocenters. The SMILES string of the molecule is [Fe+2].[O-]NC=C1C=CC=C1.c1cc[cH-]c1. The maximum absolute atomic E-state index is 9.69. The molecule has 3 heteroatoms. The molecule has 1 aromatic rings. The zero-order chi connectivity index (χ0) is 9.36. The maximum Gasteiger partial charge on any atom is 2.00 e. The van der Waals surface area contributed by atoms with Gasteiger partial charge in [0.25, 0.3) is 0 Å². The van der Waals surface area contributed by atoms with E-state index in [0.717, 1.165) is 5.57 Å². The minimum Gasteiger partial charge on any atom is -0.761 e. The predicted molar refractivity (Wildman–Crippen MR) is 54.9 cm³/mol. The van der Waals surface area contributed by atoms with Crippen LogP contribution in [0.1, 0.15) is 0 Å². The van der Waals surface area contributed by atoms with Gasteiger partial charge in [0, 0.05) is 0 Å². The predicted octanol–water partition coefficient (Wildman–Crippen LogP) is 2.49. The number of hydrogen-bond donors (Lipinski definition) is 1. The van der Waals surface area contributed by atoms with Crippen LogP contribution in [0.15, 0.2) is 66.4 Å². The molecule has 1 aliphatic carbocycles. The van der Waals surface area contributed by atoms with Crippen LogP contribution in [-0.2, 0) is 17.1 Å². The van der Waals surface area contributed by atoms with Crippen LogP contribution in [0.2, 0.25) is 0 Å². The number of hydrogen-bond acceptors (Lipinski definition) is 2. The van der Waals surface area contributed by atoms with Crippen LogP contribution in [0, 0.1) is 5.21 Å². The van der Waals surface area contributed by atoms with E-state index in [1.807, 2.05) is 54.6 Å². The summed E-state index contributed by atoms with van der Waals surface area (Å²) < 4.78 is 0. The number of hydroxylamine groups is 1. The molecule has 0 saturated heterocycles. The van der Waals surface area contributed by atoms with Crippen LogP contribution < -0.4 is 5.48 Å².